The number of aryl methyl sites for hydroxylation is 2. The highest BCUT2D eigenvalue weighted by molar-refractivity contribution is 7.99. The van der Waals surface area contributed by atoms with Gasteiger partial charge in [-0.25, -0.2) is 9.97 Å². The maximum atomic E-state index is 9.27. The molecule has 0 radical (unpaired) electrons. The second-order valence-electron chi connectivity index (χ2n) is 4.77. The fraction of sp³-hybridized carbons (Fsp3) is 0.714. The van der Waals surface area contributed by atoms with Gasteiger partial charge >= 0.3 is 0 Å². The largest absolute Gasteiger partial charge is 0.395 e. The van der Waals surface area contributed by atoms with Crippen LogP contribution >= 0.6 is 11.8 Å². The SMILES string of the molecule is CCCNC(CO)CCSc1nc(C)c(C)c(C)n1. The first-order chi connectivity index (χ1) is 9.08. The molecule has 0 saturated carbocycles. The number of thioether (sulfide) groups is 1. The van der Waals surface area contributed by atoms with Crippen LogP contribution < -0.4 is 5.32 Å². The molecular formula is C14H25N3OS. The minimum absolute atomic E-state index is 0.181. The van der Waals surface area contributed by atoms with Gasteiger partial charge < -0.3 is 10.4 Å². The first-order valence-corrected chi connectivity index (χ1v) is 7.85. The van der Waals surface area contributed by atoms with Gasteiger partial charge in [-0.15, -0.1) is 0 Å². The van der Waals surface area contributed by atoms with Crippen LogP contribution in [-0.4, -0.2) is 40.0 Å². The maximum Gasteiger partial charge on any atom is 0.187 e. The molecule has 0 aliphatic carbocycles. The van der Waals surface area contributed by atoms with Crippen LogP contribution in [0.3, 0.4) is 0 Å². The second-order valence-corrected chi connectivity index (χ2v) is 5.83. The van der Waals surface area contributed by atoms with Crippen LogP contribution in [0.5, 0.6) is 0 Å². The highest BCUT2D eigenvalue weighted by atomic mass is 32.2. The number of hydrogen-bond acceptors (Lipinski definition) is 5. The molecule has 1 unspecified atom stereocenters. The Morgan fingerprint density at radius 1 is 1.21 bits per heavy atom. The van der Waals surface area contributed by atoms with E-state index in [1.807, 2.05) is 13.8 Å². The van der Waals surface area contributed by atoms with Crippen LogP contribution in [-0.2, 0) is 0 Å². The number of aliphatic hydroxyl groups is 1. The number of hydrogen-bond donors (Lipinski definition) is 2. The lowest BCUT2D eigenvalue weighted by molar-refractivity contribution is 0.240. The third-order valence-electron chi connectivity index (χ3n) is 3.21. The van der Waals surface area contributed by atoms with Crippen LogP contribution in [0.15, 0.2) is 5.16 Å². The summed E-state index contributed by atoms with van der Waals surface area (Å²) in [7, 11) is 0. The molecule has 0 aromatic carbocycles. The monoisotopic (exact) mass is 283 g/mol. The Morgan fingerprint density at radius 3 is 2.37 bits per heavy atom. The molecule has 1 heterocycles. The van der Waals surface area contributed by atoms with Crippen molar-refractivity contribution in [3.8, 4) is 0 Å². The number of aliphatic hydroxyl groups excluding tert-OH is 1. The van der Waals surface area contributed by atoms with E-state index in [0.717, 1.165) is 41.7 Å². The molecule has 0 amide bonds. The van der Waals surface area contributed by atoms with Crippen LogP contribution in [0.2, 0.25) is 0 Å². The summed E-state index contributed by atoms with van der Waals surface area (Å²) < 4.78 is 0. The van der Waals surface area contributed by atoms with E-state index in [0.29, 0.717) is 0 Å². The van der Waals surface area contributed by atoms with E-state index in [-0.39, 0.29) is 12.6 Å². The number of nitrogens with one attached hydrogen (secondary N) is 1. The van der Waals surface area contributed by atoms with Crippen molar-refractivity contribution < 1.29 is 5.11 Å². The molecule has 1 aromatic rings. The average molecular weight is 283 g/mol. The molecule has 1 atom stereocenters. The summed E-state index contributed by atoms with van der Waals surface area (Å²) in [6.07, 6.45) is 2.01. The van der Waals surface area contributed by atoms with Gasteiger partial charge in [0.2, 0.25) is 0 Å². The Morgan fingerprint density at radius 2 is 1.84 bits per heavy atom. The smallest absolute Gasteiger partial charge is 0.187 e. The van der Waals surface area contributed by atoms with Crippen molar-refractivity contribution in [2.24, 2.45) is 0 Å². The van der Waals surface area contributed by atoms with E-state index >= 15 is 0 Å². The summed E-state index contributed by atoms with van der Waals surface area (Å²) in [5.74, 6) is 0.921. The Hall–Kier alpha value is -0.650. The molecule has 0 spiro atoms. The number of aromatic nitrogens is 2. The molecule has 5 heteroatoms. The van der Waals surface area contributed by atoms with E-state index in [2.05, 4.69) is 29.1 Å². The summed E-state index contributed by atoms with van der Waals surface area (Å²) in [5, 5.41) is 13.4. The van der Waals surface area contributed by atoms with E-state index in [1.165, 1.54) is 5.56 Å². The molecule has 0 saturated heterocycles. The third-order valence-corrected chi connectivity index (χ3v) is 4.09. The second kappa shape index (κ2) is 8.51. The van der Waals surface area contributed by atoms with Crippen LogP contribution in [0.4, 0.5) is 0 Å². The summed E-state index contributed by atoms with van der Waals surface area (Å²) in [6, 6.07) is 0.181. The van der Waals surface area contributed by atoms with Gasteiger partial charge in [0.05, 0.1) is 6.61 Å². The van der Waals surface area contributed by atoms with Crippen molar-refractivity contribution in [3.63, 3.8) is 0 Å². The van der Waals surface area contributed by atoms with E-state index in [9.17, 15) is 5.11 Å². The van der Waals surface area contributed by atoms with E-state index < -0.39 is 0 Å². The standard InChI is InChI=1S/C14H25N3OS/c1-5-7-15-13(9-18)6-8-19-14-16-11(3)10(2)12(4)17-14/h13,15,18H,5-9H2,1-4H3. The first-order valence-electron chi connectivity index (χ1n) is 6.87. The van der Waals surface area contributed by atoms with Gasteiger partial charge in [-0.2, -0.15) is 0 Å². The van der Waals surface area contributed by atoms with E-state index in [4.69, 9.17) is 0 Å². The lowest BCUT2D eigenvalue weighted by Crippen LogP contribution is -2.33. The van der Waals surface area contributed by atoms with Gasteiger partial charge in [0, 0.05) is 23.2 Å². The van der Waals surface area contributed by atoms with Gasteiger partial charge in [0.15, 0.2) is 5.16 Å². The van der Waals surface area contributed by atoms with Crippen molar-refractivity contribution in [2.45, 2.75) is 51.7 Å². The molecule has 19 heavy (non-hydrogen) atoms. The molecule has 0 fully saturated rings. The minimum atomic E-state index is 0.181. The zero-order valence-corrected chi connectivity index (χ0v) is 13.2. The summed E-state index contributed by atoms with van der Waals surface area (Å²) in [6.45, 7) is 9.36. The molecule has 1 aromatic heterocycles. The van der Waals surface area contributed by atoms with Gasteiger partial charge in [0.1, 0.15) is 0 Å². The van der Waals surface area contributed by atoms with Crippen molar-refractivity contribution in [1.82, 2.24) is 15.3 Å². The zero-order valence-electron chi connectivity index (χ0n) is 12.4. The summed E-state index contributed by atoms with van der Waals surface area (Å²) >= 11 is 1.66. The molecular weight excluding hydrogens is 258 g/mol. The molecule has 0 bridgehead atoms. The van der Waals surface area contributed by atoms with Crippen molar-refractivity contribution in [1.29, 1.82) is 0 Å². The predicted octanol–water partition coefficient (Wildman–Crippen LogP) is 2.24. The molecule has 0 aliphatic heterocycles. The quantitative estimate of drug-likeness (QED) is 0.566. The van der Waals surface area contributed by atoms with Gasteiger partial charge in [-0.3, -0.25) is 0 Å². The van der Waals surface area contributed by atoms with Crippen LogP contribution in [0.25, 0.3) is 0 Å². The van der Waals surface area contributed by atoms with Crippen molar-refractivity contribution in [2.75, 3.05) is 18.9 Å². The summed E-state index contributed by atoms with van der Waals surface area (Å²) in [5.41, 5.74) is 3.28. The van der Waals surface area contributed by atoms with Crippen molar-refractivity contribution >= 4 is 11.8 Å². The highest BCUT2D eigenvalue weighted by Crippen LogP contribution is 2.18. The van der Waals surface area contributed by atoms with Crippen molar-refractivity contribution in [3.05, 3.63) is 17.0 Å². The van der Waals surface area contributed by atoms with Gasteiger partial charge in [-0.05, 0) is 45.7 Å². The minimum Gasteiger partial charge on any atom is -0.395 e. The Bertz CT molecular complexity index is 375. The molecule has 1 rings (SSSR count). The number of nitrogens with zero attached hydrogens (tertiary/aromatic N) is 2. The number of rotatable bonds is 8. The zero-order chi connectivity index (χ0) is 14.3. The normalized spacial score (nSPS) is 12.7. The predicted molar refractivity (Wildman–Crippen MR) is 80.8 cm³/mol. The van der Waals surface area contributed by atoms with Gasteiger partial charge in [0.25, 0.3) is 0 Å². The molecule has 0 aliphatic rings. The average Bonchev–Trinajstić information content (AvgIpc) is 2.39. The Balaban J connectivity index is 2.44. The Labute approximate surface area is 120 Å². The van der Waals surface area contributed by atoms with Crippen LogP contribution in [0, 0.1) is 20.8 Å². The lowest BCUT2D eigenvalue weighted by atomic mass is 10.2. The lowest BCUT2D eigenvalue weighted by Gasteiger charge is -2.15. The summed E-state index contributed by atoms with van der Waals surface area (Å²) in [4.78, 5) is 8.97. The maximum absolute atomic E-state index is 9.27. The molecule has 4 nitrogen and oxygen atoms in total. The fourth-order valence-electron chi connectivity index (χ4n) is 1.70. The Kier molecular flexibility index (Phi) is 7.34. The highest BCUT2D eigenvalue weighted by Gasteiger charge is 2.08. The third kappa shape index (κ3) is 5.47. The molecule has 2 N–H and O–H groups in total. The van der Waals surface area contributed by atoms with E-state index in [1.54, 1.807) is 11.8 Å². The topological polar surface area (TPSA) is 58.0 Å². The molecule has 108 valence electrons. The van der Waals surface area contributed by atoms with Crippen LogP contribution in [0.1, 0.15) is 36.7 Å². The van der Waals surface area contributed by atoms with Gasteiger partial charge in [-0.1, -0.05) is 18.7 Å². The first kappa shape index (κ1) is 16.4. The fourth-order valence-corrected chi connectivity index (χ4v) is 2.69.